The first-order valence-electron chi connectivity index (χ1n) is 12.2. The van der Waals surface area contributed by atoms with Crippen LogP contribution in [0.15, 0.2) is 39.5 Å². The fourth-order valence-corrected chi connectivity index (χ4v) is 4.40. The molecule has 5 heterocycles. The molecule has 2 N–H and O–H groups in total. The second-order valence-corrected chi connectivity index (χ2v) is 9.36. The molecule has 0 aromatic carbocycles. The summed E-state index contributed by atoms with van der Waals surface area (Å²) in [6, 6.07) is 1.62. The molecule has 0 amide bonds. The van der Waals surface area contributed by atoms with E-state index in [-0.39, 0.29) is 40.6 Å². The summed E-state index contributed by atoms with van der Waals surface area (Å²) < 4.78 is 47.4. The van der Waals surface area contributed by atoms with Crippen molar-refractivity contribution in [1.82, 2.24) is 14.5 Å². The average Bonchev–Trinajstić information content (AvgIpc) is 3.69. The Morgan fingerprint density at radius 1 is 1.07 bits per heavy atom. The van der Waals surface area contributed by atoms with Crippen LogP contribution in [-0.4, -0.2) is 45.2 Å². The minimum atomic E-state index is -1.86. The van der Waals surface area contributed by atoms with Crippen molar-refractivity contribution in [3.05, 3.63) is 61.8 Å². The third-order valence-corrected chi connectivity index (χ3v) is 6.54. The van der Waals surface area contributed by atoms with Crippen LogP contribution in [0.1, 0.15) is 35.7 Å². The monoisotopic (exact) mass is 620 g/mol. The predicted octanol–water partition coefficient (Wildman–Crippen LogP) is 2.74. The largest absolute Gasteiger partial charge is 0.519 e. The van der Waals surface area contributed by atoms with Crippen LogP contribution in [0.4, 0.5) is 15.4 Å². The molecular weight excluding hydrogens is 600 g/mol. The molecule has 18 heteroatoms. The number of aryl methyl sites for hydroxylation is 2. The van der Waals surface area contributed by atoms with E-state index >= 15 is 0 Å². The predicted molar refractivity (Wildman–Crippen MR) is 138 cm³/mol. The minimum Gasteiger partial charge on any atom is -0.430 e. The number of hydrogen-bond donors (Lipinski definition) is 1. The highest BCUT2D eigenvalue weighted by molar-refractivity contribution is 6.28. The third-order valence-electron chi connectivity index (χ3n) is 6.37. The van der Waals surface area contributed by atoms with E-state index in [1.807, 2.05) is 0 Å². The van der Waals surface area contributed by atoms with Crippen LogP contribution < -0.4 is 17.4 Å². The lowest BCUT2D eigenvalue weighted by atomic mass is 9.98. The molecule has 1 aliphatic heterocycles. The topological polar surface area (TPSA) is 224 Å². The van der Waals surface area contributed by atoms with E-state index in [1.54, 1.807) is 12.3 Å². The number of carbonyl (C=O) groups excluding carboxylic acids is 2. The third kappa shape index (κ3) is 6.05. The number of halogens is 1. The van der Waals surface area contributed by atoms with Crippen LogP contribution in [0, 0.1) is 26.2 Å². The molecule has 226 valence electrons. The summed E-state index contributed by atoms with van der Waals surface area (Å²) in [6.45, 7) is 1.26. The van der Waals surface area contributed by atoms with Gasteiger partial charge in [0.1, 0.15) is 24.3 Å². The molecule has 17 nitrogen and oxygen atoms in total. The van der Waals surface area contributed by atoms with Crippen LogP contribution in [0.25, 0.3) is 11.0 Å². The number of anilines is 1. The second kappa shape index (κ2) is 11.6. The summed E-state index contributed by atoms with van der Waals surface area (Å²) in [5.41, 5.74) is 4.38. The Bertz CT molecular complexity index is 1840. The van der Waals surface area contributed by atoms with E-state index in [9.17, 15) is 19.2 Å². The van der Waals surface area contributed by atoms with E-state index in [2.05, 4.69) is 15.9 Å². The van der Waals surface area contributed by atoms with Gasteiger partial charge in [-0.1, -0.05) is 5.92 Å². The number of hydrogen-bond acceptors (Lipinski definition) is 16. The molecule has 1 aliphatic rings. The molecule has 0 unspecified atom stereocenters. The van der Waals surface area contributed by atoms with Crippen molar-refractivity contribution in [3.8, 4) is 12.3 Å². The molecule has 1 fully saturated rings. The molecule has 0 saturated carbocycles. The van der Waals surface area contributed by atoms with Gasteiger partial charge in [-0.15, -0.1) is 6.42 Å². The second-order valence-electron chi connectivity index (χ2n) is 9.02. The SMILES string of the molecule is C#C[C@]1(COC(=O)OCc2oc(=O)oc2C)O[C@@H](n2ccc3c(N)nc(Cl)nc32)C[C@@H]1OC(=O)OCc1oc(=O)oc1C. The van der Waals surface area contributed by atoms with Crippen molar-refractivity contribution >= 4 is 40.8 Å². The van der Waals surface area contributed by atoms with Crippen LogP contribution >= 0.6 is 11.6 Å². The molecule has 4 aromatic heterocycles. The lowest BCUT2D eigenvalue weighted by Crippen LogP contribution is -2.45. The number of terminal acetylenes is 1. The average molecular weight is 621 g/mol. The van der Waals surface area contributed by atoms with Gasteiger partial charge in [0, 0.05) is 12.6 Å². The van der Waals surface area contributed by atoms with E-state index in [1.165, 1.54) is 18.4 Å². The van der Waals surface area contributed by atoms with Gasteiger partial charge in [0.15, 0.2) is 42.4 Å². The molecule has 3 atom stereocenters. The number of nitrogens with two attached hydrogens (primary N) is 1. The van der Waals surface area contributed by atoms with Gasteiger partial charge in [-0.05, 0) is 31.5 Å². The molecule has 0 spiro atoms. The van der Waals surface area contributed by atoms with Gasteiger partial charge in [-0.25, -0.2) is 24.2 Å². The Labute approximate surface area is 244 Å². The maximum absolute atomic E-state index is 12.7. The van der Waals surface area contributed by atoms with Crippen molar-refractivity contribution in [2.45, 2.75) is 51.4 Å². The summed E-state index contributed by atoms with van der Waals surface area (Å²) in [5.74, 6) is 0.717. The molecule has 4 aromatic rings. The van der Waals surface area contributed by atoms with E-state index < -0.39 is 61.7 Å². The summed E-state index contributed by atoms with van der Waals surface area (Å²) in [7, 11) is 0. The molecule has 1 saturated heterocycles. The molecule has 43 heavy (non-hydrogen) atoms. The number of nitrogen functional groups attached to an aromatic ring is 1. The molecule has 5 rings (SSSR count). The van der Waals surface area contributed by atoms with Gasteiger partial charge in [0.05, 0.1) is 5.39 Å². The minimum absolute atomic E-state index is 0.0298. The standard InChI is InChI=1S/C25H21ClN4O13/c1-4-25(10-37-21(31)35-8-14-11(2)38-23(33)40-14)16(42-22(32)36-9-15-12(3)39-24(34)41-15)7-17(43-25)30-6-5-13-18(27)28-20(26)29-19(13)30/h1,5-6,16-17H,7-10H2,2-3H3,(H2,27,28,29)/t16-,17+,25+/m0/s1. The number of aromatic nitrogens is 3. The molecule has 0 aliphatic carbocycles. The molecular formula is C25H21ClN4O13. The Balaban J connectivity index is 1.34. The smallest absolute Gasteiger partial charge is 0.430 e. The Kier molecular flexibility index (Phi) is 7.89. The molecule has 0 radical (unpaired) electrons. The maximum Gasteiger partial charge on any atom is 0.519 e. The van der Waals surface area contributed by atoms with E-state index in [0.717, 1.165) is 0 Å². The summed E-state index contributed by atoms with van der Waals surface area (Å²) in [5, 5.41) is 0.333. The molecule has 0 bridgehead atoms. The number of carbonyl (C=O) groups is 2. The highest BCUT2D eigenvalue weighted by atomic mass is 35.5. The van der Waals surface area contributed by atoms with E-state index in [4.69, 9.17) is 65.1 Å². The maximum atomic E-state index is 12.7. The quantitative estimate of drug-likeness (QED) is 0.170. The highest BCUT2D eigenvalue weighted by Gasteiger charge is 2.53. The van der Waals surface area contributed by atoms with E-state index in [0.29, 0.717) is 11.0 Å². The number of rotatable bonds is 8. The van der Waals surface area contributed by atoms with Gasteiger partial charge < -0.3 is 51.7 Å². The number of ether oxygens (including phenoxy) is 5. The zero-order valence-corrected chi connectivity index (χ0v) is 23.1. The lowest BCUT2D eigenvalue weighted by Gasteiger charge is -2.28. The zero-order chi connectivity index (χ0) is 30.9. The van der Waals surface area contributed by atoms with Crippen molar-refractivity contribution < 1.29 is 50.9 Å². The number of fused-ring (bicyclic) bond motifs is 1. The van der Waals surface area contributed by atoms with Gasteiger partial charge in [0.25, 0.3) is 0 Å². The van der Waals surface area contributed by atoms with Gasteiger partial charge >= 0.3 is 24.0 Å². The lowest BCUT2D eigenvalue weighted by molar-refractivity contribution is -0.106. The first-order chi connectivity index (χ1) is 20.5. The normalized spacial score (nSPS) is 19.7. The first kappa shape index (κ1) is 29.3. The van der Waals surface area contributed by atoms with Crippen molar-refractivity contribution in [3.63, 3.8) is 0 Å². The fraction of sp³-hybridized carbons (Fsp3) is 0.360. The Morgan fingerprint density at radius 2 is 1.70 bits per heavy atom. The van der Waals surface area contributed by atoms with Crippen LogP contribution in [0.5, 0.6) is 0 Å². The summed E-state index contributed by atoms with van der Waals surface area (Å²) >= 11 is 6.00. The van der Waals surface area contributed by atoms with Gasteiger partial charge in [0.2, 0.25) is 10.9 Å². The van der Waals surface area contributed by atoms with Gasteiger partial charge in [-0.3, -0.25) is 0 Å². The Hall–Kier alpha value is -5.21. The van der Waals surface area contributed by atoms with Crippen molar-refractivity contribution in [2.75, 3.05) is 12.3 Å². The van der Waals surface area contributed by atoms with Crippen LogP contribution in [0.2, 0.25) is 5.28 Å². The highest BCUT2D eigenvalue weighted by Crippen LogP contribution is 2.41. The fourth-order valence-electron chi connectivity index (χ4n) is 4.23. The summed E-state index contributed by atoms with van der Waals surface area (Å²) in [4.78, 5) is 55.6. The van der Waals surface area contributed by atoms with Crippen LogP contribution in [-0.2, 0) is 36.9 Å². The Morgan fingerprint density at radius 3 is 2.28 bits per heavy atom. The van der Waals surface area contributed by atoms with Crippen LogP contribution in [0.3, 0.4) is 0 Å². The van der Waals surface area contributed by atoms with Gasteiger partial charge in [-0.2, -0.15) is 4.98 Å². The number of nitrogens with zero attached hydrogens (tertiary/aromatic N) is 3. The first-order valence-corrected chi connectivity index (χ1v) is 12.6. The summed E-state index contributed by atoms with van der Waals surface area (Å²) in [6.07, 6.45) is 2.71. The zero-order valence-electron chi connectivity index (χ0n) is 22.3. The van der Waals surface area contributed by atoms with Crippen molar-refractivity contribution in [2.24, 2.45) is 0 Å². The van der Waals surface area contributed by atoms with Crippen molar-refractivity contribution in [1.29, 1.82) is 0 Å².